The molecule has 2 amide bonds. The lowest BCUT2D eigenvalue weighted by atomic mass is 10.1. The first-order valence-electron chi connectivity index (χ1n) is 10.8. The molecule has 1 aliphatic heterocycles. The normalized spacial score (nSPS) is 13.4. The highest BCUT2D eigenvalue weighted by Crippen LogP contribution is 2.31. The molecular formula is C23H27N5O4S. The van der Waals surface area contributed by atoms with Crippen molar-refractivity contribution in [3.8, 4) is 0 Å². The standard InChI is InChI=1S/C23H27N5O4S/c1-15(2)21(29)24-17-7-9-18(10-8-17)25-23(33)26-22(30)16-6-11-19(20(14-16)28(31)32)27-12-4-3-5-13-27/h6-11,14-15H,3-5,12-13H2,1-2H3,(H,24,29)(H2,25,26,30,33). The molecule has 1 fully saturated rings. The van der Waals surface area contributed by atoms with Gasteiger partial charge in [-0.25, -0.2) is 0 Å². The van der Waals surface area contributed by atoms with Crippen LogP contribution in [0, 0.1) is 16.0 Å². The monoisotopic (exact) mass is 469 g/mol. The number of carbonyl (C=O) groups is 2. The number of nitrogens with one attached hydrogen (secondary N) is 3. The summed E-state index contributed by atoms with van der Waals surface area (Å²) in [5.41, 5.74) is 1.85. The Morgan fingerprint density at radius 3 is 2.18 bits per heavy atom. The summed E-state index contributed by atoms with van der Waals surface area (Å²) < 4.78 is 0. The van der Waals surface area contributed by atoms with E-state index in [4.69, 9.17) is 12.2 Å². The second-order valence-electron chi connectivity index (χ2n) is 8.14. The quantitative estimate of drug-likeness (QED) is 0.328. The van der Waals surface area contributed by atoms with Crippen LogP contribution in [0.1, 0.15) is 43.5 Å². The number of benzene rings is 2. The van der Waals surface area contributed by atoms with Crippen molar-refractivity contribution >= 4 is 51.9 Å². The number of piperidine rings is 1. The topological polar surface area (TPSA) is 117 Å². The van der Waals surface area contributed by atoms with Crippen molar-refractivity contribution in [2.24, 2.45) is 5.92 Å². The molecule has 1 saturated heterocycles. The van der Waals surface area contributed by atoms with Crippen LogP contribution in [0.2, 0.25) is 0 Å². The second-order valence-corrected chi connectivity index (χ2v) is 8.55. The Hall–Kier alpha value is -3.53. The lowest BCUT2D eigenvalue weighted by molar-refractivity contribution is -0.384. The minimum absolute atomic E-state index is 0.0572. The third-order valence-electron chi connectivity index (χ3n) is 5.29. The van der Waals surface area contributed by atoms with E-state index in [0.29, 0.717) is 17.1 Å². The Morgan fingerprint density at radius 2 is 1.61 bits per heavy atom. The maximum Gasteiger partial charge on any atom is 0.293 e. The second kappa shape index (κ2) is 10.9. The number of nitro benzene ring substituents is 1. The molecule has 0 unspecified atom stereocenters. The van der Waals surface area contributed by atoms with E-state index < -0.39 is 10.8 Å². The highest BCUT2D eigenvalue weighted by Gasteiger charge is 2.23. The smallest absolute Gasteiger partial charge is 0.293 e. The van der Waals surface area contributed by atoms with E-state index in [-0.39, 0.29) is 28.2 Å². The summed E-state index contributed by atoms with van der Waals surface area (Å²) >= 11 is 5.21. The minimum Gasteiger partial charge on any atom is -0.366 e. The molecule has 2 aromatic carbocycles. The molecule has 33 heavy (non-hydrogen) atoms. The van der Waals surface area contributed by atoms with Crippen molar-refractivity contribution in [3.05, 3.63) is 58.1 Å². The number of carbonyl (C=O) groups excluding carboxylic acids is 2. The van der Waals surface area contributed by atoms with E-state index in [1.54, 1.807) is 36.4 Å². The predicted molar refractivity (Wildman–Crippen MR) is 133 cm³/mol. The van der Waals surface area contributed by atoms with Gasteiger partial charge >= 0.3 is 0 Å². The Kier molecular flexibility index (Phi) is 7.94. The number of rotatable bonds is 6. The van der Waals surface area contributed by atoms with Gasteiger partial charge in [-0.3, -0.25) is 25.0 Å². The van der Waals surface area contributed by atoms with Gasteiger partial charge in [0.25, 0.3) is 11.6 Å². The van der Waals surface area contributed by atoms with Gasteiger partial charge in [-0.05, 0) is 67.9 Å². The highest BCUT2D eigenvalue weighted by molar-refractivity contribution is 7.80. The fourth-order valence-corrected chi connectivity index (χ4v) is 3.68. The van der Waals surface area contributed by atoms with Crippen LogP contribution in [0.15, 0.2) is 42.5 Å². The summed E-state index contributed by atoms with van der Waals surface area (Å²) in [5, 5.41) is 19.9. The van der Waals surface area contributed by atoms with Crippen LogP contribution < -0.4 is 20.9 Å². The Balaban J connectivity index is 1.63. The highest BCUT2D eigenvalue weighted by atomic mass is 32.1. The van der Waals surface area contributed by atoms with E-state index in [9.17, 15) is 19.7 Å². The van der Waals surface area contributed by atoms with Crippen molar-refractivity contribution < 1.29 is 14.5 Å². The van der Waals surface area contributed by atoms with Crippen LogP contribution in [-0.4, -0.2) is 34.9 Å². The molecule has 1 heterocycles. The van der Waals surface area contributed by atoms with Gasteiger partial charge in [-0.2, -0.15) is 0 Å². The molecule has 9 nitrogen and oxygen atoms in total. The van der Waals surface area contributed by atoms with Crippen molar-refractivity contribution in [3.63, 3.8) is 0 Å². The van der Waals surface area contributed by atoms with Gasteiger partial charge in [-0.15, -0.1) is 0 Å². The average molecular weight is 470 g/mol. The van der Waals surface area contributed by atoms with Crippen LogP contribution in [0.25, 0.3) is 0 Å². The molecule has 0 aromatic heterocycles. The number of hydrogen-bond acceptors (Lipinski definition) is 6. The molecule has 2 aromatic rings. The van der Waals surface area contributed by atoms with Gasteiger partial charge in [0, 0.05) is 42.0 Å². The van der Waals surface area contributed by atoms with E-state index in [1.165, 1.54) is 6.07 Å². The Labute approximate surface area is 197 Å². The van der Waals surface area contributed by atoms with Crippen molar-refractivity contribution in [2.75, 3.05) is 28.6 Å². The molecule has 0 aliphatic carbocycles. The first kappa shape index (κ1) is 24.1. The summed E-state index contributed by atoms with van der Waals surface area (Å²) in [5.74, 6) is -0.754. The lowest BCUT2D eigenvalue weighted by Crippen LogP contribution is -2.34. The van der Waals surface area contributed by atoms with Crippen LogP contribution in [0.5, 0.6) is 0 Å². The van der Waals surface area contributed by atoms with Gasteiger partial charge in [0.15, 0.2) is 5.11 Å². The minimum atomic E-state index is -0.540. The summed E-state index contributed by atoms with van der Waals surface area (Å²) in [6.07, 6.45) is 3.10. The lowest BCUT2D eigenvalue weighted by Gasteiger charge is -2.28. The summed E-state index contributed by atoms with van der Waals surface area (Å²) in [7, 11) is 0. The molecule has 0 spiro atoms. The molecule has 3 N–H and O–H groups in total. The molecule has 0 bridgehead atoms. The number of anilines is 3. The Morgan fingerprint density at radius 1 is 1.00 bits per heavy atom. The van der Waals surface area contributed by atoms with Gasteiger partial charge in [0.2, 0.25) is 5.91 Å². The number of thiocarbonyl (C=S) groups is 1. The Bertz CT molecular complexity index is 1050. The zero-order valence-electron chi connectivity index (χ0n) is 18.6. The van der Waals surface area contributed by atoms with Crippen molar-refractivity contribution in [1.29, 1.82) is 0 Å². The predicted octanol–water partition coefficient (Wildman–Crippen LogP) is 4.31. The van der Waals surface area contributed by atoms with E-state index in [2.05, 4.69) is 16.0 Å². The van der Waals surface area contributed by atoms with Crippen LogP contribution in [0.4, 0.5) is 22.7 Å². The molecule has 3 rings (SSSR count). The maximum absolute atomic E-state index is 12.6. The van der Waals surface area contributed by atoms with Crippen molar-refractivity contribution in [1.82, 2.24) is 5.32 Å². The van der Waals surface area contributed by atoms with E-state index in [1.807, 2.05) is 18.7 Å². The summed E-state index contributed by atoms with van der Waals surface area (Å²) in [4.78, 5) is 37.5. The maximum atomic E-state index is 12.6. The third kappa shape index (κ3) is 6.48. The third-order valence-corrected chi connectivity index (χ3v) is 5.50. The first-order chi connectivity index (χ1) is 15.7. The molecule has 10 heteroatoms. The van der Waals surface area contributed by atoms with E-state index >= 15 is 0 Å². The van der Waals surface area contributed by atoms with Gasteiger partial charge in [0.1, 0.15) is 5.69 Å². The fourth-order valence-electron chi connectivity index (χ4n) is 3.47. The fraction of sp³-hybridized carbons (Fsp3) is 0.348. The van der Waals surface area contributed by atoms with Crippen molar-refractivity contribution in [2.45, 2.75) is 33.1 Å². The molecule has 0 radical (unpaired) electrons. The first-order valence-corrected chi connectivity index (χ1v) is 11.2. The average Bonchev–Trinajstić information content (AvgIpc) is 2.80. The molecule has 174 valence electrons. The zero-order chi connectivity index (χ0) is 24.0. The summed E-state index contributed by atoms with van der Waals surface area (Å²) in [6.45, 7) is 5.14. The molecule has 0 atom stereocenters. The number of nitro groups is 1. The van der Waals surface area contributed by atoms with Crippen LogP contribution in [0.3, 0.4) is 0 Å². The molecule has 0 saturated carbocycles. The zero-order valence-corrected chi connectivity index (χ0v) is 19.4. The van der Waals surface area contributed by atoms with Crippen LogP contribution >= 0.6 is 12.2 Å². The molecule has 1 aliphatic rings. The summed E-state index contributed by atoms with van der Waals surface area (Å²) in [6, 6.07) is 11.3. The van der Waals surface area contributed by atoms with Gasteiger partial charge < -0.3 is 15.5 Å². The van der Waals surface area contributed by atoms with Gasteiger partial charge in [0.05, 0.1) is 4.92 Å². The largest absolute Gasteiger partial charge is 0.366 e. The number of amides is 2. The van der Waals surface area contributed by atoms with E-state index in [0.717, 1.165) is 32.4 Å². The molecular weight excluding hydrogens is 442 g/mol. The SMILES string of the molecule is CC(C)C(=O)Nc1ccc(NC(=S)NC(=O)c2ccc(N3CCCCC3)c([N+](=O)[O-])c2)cc1. The number of nitrogens with zero attached hydrogens (tertiary/aromatic N) is 2. The number of hydrogen-bond donors (Lipinski definition) is 3. The van der Waals surface area contributed by atoms with Gasteiger partial charge in [-0.1, -0.05) is 13.8 Å². The van der Waals surface area contributed by atoms with Crippen LogP contribution in [-0.2, 0) is 4.79 Å².